The van der Waals surface area contributed by atoms with Crippen molar-refractivity contribution in [1.82, 2.24) is 10.2 Å². The predicted molar refractivity (Wildman–Crippen MR) is 87.5 cm³/mol. The monoisotopic (exact) mass is 308 g/mol. The number of amides is 1. The average molecular weight is 308 g/mol. The van der Waals surface area contributed by atoms with E-state index < -0.39 is 5.60 Å². The van der Waals surface area contributed by atoms with Crippen molar-refractivity contribution in [2.75, 3.05) is 26.2 Å². The third-order valence-corrected chi connectivity index (χ3v) is 5.98. The highest BCUT2D eigenvalue weighted by Crippen LogP contribution is 2.30. The van der Waals surface area contributed by atoms with Gasteiger partial charge in [0.1, 0.15) is 0 Å². The molecule has 1 atom stereocenters. The van der Waals surface area contributed by atoms with Crippen LogP contribution in [-0.4, -0.2) is 47.7 Å². The lowest BCUT2D eigenvalue weighted by Crippen LogP contribution is -2.59. The Bertz CT molecular complexity index is 377. The van der Waals surface area contributed by atoms with Crippen molar-refractivity contribution in [2.45, 2.75) is 69.8 Å². The minimum absolute atomic E-state index is 0.0261. The van der Waals surface area contributed by atoms with Crippen molar-refractivity contribution >= 4 is 5.91 Å². The molecule has 3 rings (SSSR count). The molecular formula is C18H32N2O2. The summed E-state index contributed by atoms with van der Waals surface area (Å²) in [7, 11) is 0. The predicted octanol–water partition coefficient (Wildman–Crippen LogP) is 2.31. The molecule has 1 aliphatic heterocycles. The summed E-state index contributed by atoms with van der Waals surface area (Å²) in [5, 5.41) is 14.2. The van der Waals surface area contributed by atoms with Crippen molar-refractivity contribution in [1.29, 1.82) is 0 Å². The second-order valence-electron chi connectivity index (χ2n) is 7.82. The van der Waals surface area contributed by atoms with Gasteiger partial charge in [-0.2, -0.15) is 0 Å². The van der Waals surface area contributed by atoms with E-state index in [9.17, 15) is 9.90 Å². The van der Waals surface area contributed by atoms with Crippen LogP contribution in [0.1, 0.15) is 64.2 Å². The molecule has 1 heterocycles. The maximum atomic E-state index is 12.6. The molecule has 0 aromatic rings. The van der Waals surface area contributed by atoms with Gasteiger partial charge in [0.05, 0.1) is 0 Å². The van der Waals surface area contributed by atoms with E-state index in [0.717, 1.165) is 32.0 Å². The average Bonchev–Trinajstić information content (AvgIpc) is 2.48. The number of carbonyl (C=O) groups excluding carboxylic acids is 1. The minimum atomic E-state index is -1.16. The number of hydrogen-bond donors (Lipinski definition) is 2. The van der Waals surface area contributed by atoms with Gasteiger partial charge < -0.3 is 15.3 Å². The van der Waals surface area contributed by atoms with E-state index in [-0.39, 0.29) is 5.91 Å². The first kappa shape index (κ1) is 16.3. The molecule has 1 saturated heterocycles. The van der Waals surface area contributed by atoms with E-state index in [1.54, 1.807) is 0 Å². The zero-order valence-electron chi connectivity index (χ0n) is 13.9. The zero-order chi connectivity index (χ0) is 15.4. The maximum absolute atomic E-state index is 12.6. The topological polar surface area (TPSA) is 52.6 Å². The number of rotatable bonds is 6. The van der Waals surface area contributed by atoms with Gasteiger partial charge in [-0.25, -0.2) is 0 Å². The van der Waals surface area contributed by atoms with E-state index in [0.29, 0.717) is 18.9 Å². The minimum Gasteiger partial charge on any atom is -0.379 e. The number of piperidine rings is 1. The van der Waals surface area contributed by atoms with Gasteiger partial charge in [-0.3, -0.25) is 4.79 Å². The maximum Gasteiger partial charge on any atom is 0.255 e. The Hall–Kier alpha value is -0.610. The summed E-state index contributed by atoms with van der Waals surface area (Å²) in [6, 6.07) is 0. The van der Waals surface area contributed by atoms with Gasteiger partial charge in [0.25, 0.3) is 5.91 Å². The van der Waals surface area contributed by atoms with Crippen LogP contribution in [0.25, 0.3) is 0 Å². The number of aliphatic hydroxyl groups is 1. The van der Waals surface area contributed by atoms with Crippen LogP contribution in [0.4, 0.5) is 0 Å². The first-order valence-electron chi connectivity index (χ1n) is 9.40. The van der Waals surface area contributed by atoms with E-state index in [4.69, 9.17) is 0 Å². The second-order valence-corrected chi connectivity index (χ2v) is 7.82. The Labute approximate surface area is 134 Å². The molecule has 0 unspecified atom stereocenters. The van der Waals surface area contributed by atoms with Crippen LogP contribution in [0.2, 0.25) is 0 Å². The van der Waals surface area contributed by atoms with Crippen LogP contribution < -0.4 is 5.32 Å². The molecule has 1 amide bonds. The molecule has 4 heteroatoms. The fourth-order valence-corrected chi connectivity index (χ4v) is 4.26. The summed E-state index contributed by atoms with van der Waals surface area (Å²) in [6.45, 7) is 3.09. The Balaban J connectivity index is 1.46. The van der Waals surface area contributed by atoms with Crippen molar-refractivity contribution in [2.24, 2.45) is 11.8 Å². The molecule has 0 aromatic heterocycles. The Kier molecular flexibility index (Phi) is 5.40. The number of likely N-dealkylation sites (tertiary alicyclic amines) is 1. The van der Waals surface area contributed by atoms with Crippen LogP contribution in [-0.2, 0) is 4.79 Å². The van der Waals surface area contributed by atoms with Crippen LogP contribution in [0.3, 0.4) is 0 Å². The molecule has 22 heavy (non-hydrogen) atoms. The lowest BCUT2D eigenvalue weighted by atomic mass is 9.83. The molecule has 126 valence electrons. The van der Waals surface area contributed by atoms with Gasteiger partial charge >= 0.3 is 0 Å². The summed E-state index contributed by atoms with van der Waals surface area (Å²) < 4.78 is 0. The highest BCUT2D eigenvalue weighted by molar-refractivity contribution is 5.86. The molecule has 3 aliphatic rings. The molecule has 0 bridgehead atoms. The van der Waals surface area contributed by atoms with Gasteiger partial charge in [0.2, 0.25) is 0 Å². The molecule has 0 radical (unpaired) electrons. The van der Waals surface area contributed by atoms with E-state index in [2.05, 4.69) is 5.32 Å². The molecule has 0 spiro atoms. The first-order chi connectivity index (χ1) is 10.7. The Morgan fingerprint density at radius 2 is 1.77 bits per heavy atom. The van der Waals surface area contributed by atoms with Gasteiger partial charge in [-0.05, 0) is 56.9 Å². The standard InChI is InChI=1S/C18H32N2O2/c21-17-18(22,14-19-12-15-6-2-1-3-7-15)10-5-11-20(17)13-16-8-4-9-16/h15-16,19,22H,1-14H2/t18-/m1/s1. The van der Waals surface area contributed by atoms with Crippen LogP contribution in [0, 0.1) is 11.8 Å². The first-order valence-corrected chi connectivity index (χ1v) is 9.40. The van der Waals surface area contributed by atoms with Gasteiger partial charge in [-0.15, -0.1) is 0 Å². The Morgan fingerprint density at radius 3 is 2.45 bits per heavy atom. The number of carbonyl (C=O) groups is 1. The summed E-state index contributed by atoms with van der Waals surface area (Å²) in [6.07, 6.45) is 12.0. The third kappa shape index (κ3) is 3.83. The second kappa shape index (κ2) is 7.31. The normalized spacial score (nSPS) is 31.3. The molecule has 2 saturated carbocycles. The van der Waals surface area contributed by atoms with E-state index in [1.165, 1.54) is 51.4 Å². The van der Waals surface area contributed by atoms with Gasteiger partial charge in [0, 0.05) is 19.6 Å². The van der Waals surface area contributed by atoms with Crippen molar-refractivity contribution in [3.63, 3.8) is 0 Å². The number of nitrogens with zero attached hydrogens (tertiary/aromatic N) is 1. The van der Waals surface area contributed by atoms with Crippen molar-refractivity contribution < 1.29 is 9.90 Å². The lowest BCUT2D eigenvalue weighted by Gasteiger charge is -2.41. The molecule has 3 fully saturated rings. The van der Waals surface area contributed by atoms with Gasteiger partial charge in [-0.1, -0.05) is 25.7 Å². The zero-order valence-corrected chi connectivity index (χ0v) is 13.9. The van der Waals surface area contributed by atoms with Crippen molar-refractivity contribution in [3.05, 3.63) is 0 Å². The van der Waals surface area contributed by atoms with Crippen LogP contribution in [0.15, 0.2) is 0 Å². The Morgan fingerprint density at radius 1 is 1.05 bits per heavy atom. The SMILES string of the molecule is O=C1N(CC2CCC2)CCC[C@@]1(O)CNCC1CCCCC1. The van der Waals surface area contributed by atoms with Crippen molar-refractivity contribution in [3.8, 4) is 0 Å². The molecule has 2 aliphatic carbocycles. The van der Waals surface area contributed by atoms with E-state index in [1.807, 2.05) is 4.90 Å². The molecular weight excluding hydrogens is 276 g/mol. The largest absolute Gasteiger partial charge is 0.379 e. The van der Waals surface area contributed by atoms with E-state index >= 15 is 0 Å². The molecule has 4 nitrogen and oxygen atoms in total. The fraction of sp³-hybridized carbons (Fsp3) is 0.944. The highest BCUT2D eigenvalue weighted by Gasteiger charge is 2.42. The molecule has 2 N–H and O–H groups in total. The number of nitrogens with one attached hydrogen (secondary N) is 1. The smallest absolute Gasteiger partial charge is 0.255 e. The fourth-order valence-electron chi connectivity index (χ4n) is 4.26. The lowest BCUT2D eigenvalue weighted by molar-refractivity contribution is -0.157. The third-order valence-electron chi connectivity index (χ3n) is 5.98. The summed E-state index contributed by atoms with van der Waals surface area (Å²) in [4.78, 5) is 14.6. The van der Waals surface area contributed by atoms with Gasteiger partial charge in [0.15, 0.2) is 5.60 Å². The van der Waals surface area contributed by atoms with Crippen LogP contribution >= 0.6 is 0 Å². The van der Waals surface area contributed by atoms with Crippen LogP contribution in [0.5, 0.6) is 0 Å². The summed E-state index contributed by atoms with van der Waals surface area (Å²) in [5.74, 6) is 1.39. The quantitative estimate of drug-likeness (QED) is 0.792. The highest BCUT2D eigenvalue weighted by atomic mass is 16.3. The number of hydrogen-bond acceptors (Lipinski definition) is 3. The summed E-state index contributed by atoms with van der Waals surface area (Å²) in [5.41, 5.74) is -1.16. The molecule has 0 aromatic carbocycles. The summed E-state index contributed by atoms with van der Waals surface area (Å²) >= 11 is 0.